The lowest BCUT2D eigenvalue weighted by molar-refractivity contribution is 0.133. The highest BCUT2D eigenvalue weighted by atomic mass is 19.1. The summed E-state index contributed by atoms with van der Waals surface area (Å²) in [5.41, 5.74) is 0.216. The van der Waals surface area contributed by atoms with Crippen molar-refractivity contribution in [3.05, 3.63) is 35.4 Å². The number of benzene rings is 1. The lowest BCUT2D eigenvalue weighted by Gasteiger charge is -2.35. The summed E-state index contributed by atoms with van der Waals surface area (Å²) in [7, 11) is 0. The van der Waals surface area contributed by atoms with E-state index in [2.05, 4.69) is 11.8 Å². The summed E-state index contributed by atoms with van der Waals surface area (Å²) in [6.07, 6.45) is 4.56. The zero-order valence-corrected chi connectivity index (χ0v) is 10.3. The first-order valence-electron chi connectivity index (χ1n) is 6.39. The van der Waals surface area contributed by atoms with Crippen molar-refractivity contribution < 1.29 is 8.78 Å². The highest BCUT2D eigenvalue weighted by Crippen LogP contribution is 2.23. The van der Waals surface area contributed by atoms with Gasteiger partial charge in [0.15, 0.2) is 0 Å². The minimum atomic E-state index is -0.426. The third kappa shape index (κ3) is 2.83. The maximum absolute atomic E-state index is 13.6. The molecule has 0 spiro atoms. The summed E-state index contributed by atoms with van der Waals surface area (Å²) in [6.45, 7) is 3.49. The van der Waals surface area contributed by atoms with Crippen LogP contribution in [0.15, 0.2) is 18.2 Å². The van der Waals surface area contributed by atoms with Gasteiger partial charge in [-0.1, -0.05) is 19.4 Å². The van der Waals surface area contributed by atoms with Gasteiger partial charge in [0.2, 0.25) is 0 Å². The number of hydrogen-bond donors (Lipinski definition) is 0. The van der Waals surface area contributed by atoms with Crippen LogP contribution in [-0.2, 0) is 6.54 Å². The molecule has 0 saturated carbocycles. The van der Waals surface area contributed by atoms with Gasteiger partial charge in [-0.2, -0.15) is 0 Å². The van der Waals surface area contributed by atoms with E-state index in [1.165, 1.54) is 24.6 Å². The highest BCUT2D eigenvalue weighted by Gasteiger charge is 2.22. The smallest absolute Gasteiger partial charge is 0.130 e. The number of hydrogen-bond acceptors (Lipinski definition) is 1. The van der Waals surface area contributed by atoms with Crippen molar-refractivity contribution in [2.24, 2.45) is 0 Å². The Kier molecular flexibility index (Phi) is 4.11. The summed E-state index contributed by atoms with van der Waals surface area (Å²) in [5.74, 6) is -0.851. The molecule has 0 aliphatic carbocycles. The first-order chi connectivity index (χ1) is 8.22. The molecule has 0 aromatic heterocycles. The Labute approximate surface area is 101 Å². The molecule has 1 aromatic carbocycles. The Morgan fingerprint density at radius 2 is 1.94 bits per heavy atom. The molecule has 0 radical (unpaired) electrons. The standard InChI is InChI=1S/C14H19F2N/c1-2-11-6-3-4-9-17(11)10-12-13(15)7-5-8-14(12)16/h5,7-8,11H,2-4,6,9-10H2,1H3. The van der Waals surface area contributed by atoms with Gasteiger partial charge in [0, 0.05) is 18.2 Å². The van der Waals surface area contributed by atoms with Gasteiger partial charge in [0.05, 0.1) is 0 Å². The molecule has 17 heavy (non-hydrogen) atoms. The second-order valence-corrected chi connectivity index (χ2v) is 4.73. The van der Waals surface area contributed by atoms with Gasteiger partial charge in [0.1, 0.15) is 11.6 Å². The Morgan fingerprint density at radius 3 is 2.59 bits per heavy atom. The van der Waals surface area contributed by atoms with Gasteiger partial charge < -0.3 is 0 Å². The quantitative estimate of drug-likeness (QED) is 0.777. The molecule has 0 amide bonds. The lowest BCUT2D eigenvalue weighted by atomic mass is 9.99. The summed E-state index contributed by atoms with van der Waals surface area (Å²) in [5, 5.41) is 0. The van der Waals surface area contributed by atoms with E-state index < -0.39 is 11.6 Å². The molecule has 1 nitrogen and oxygen atoms in total. The van der Waals surface area contributed by atoms with Crippen molar-refractivity contribution in [2.45, 2.75) is 45.2 Å². The van der Waals surface area contributed by atoms with Gasteiger partial charge >= 0.3 is 0 Å². The van der Waals surface area contributed by atoms with Gasteiger partial charge in [-0.15, -0.1) is 0 Å². The van der Waals surface area contributed by atoms with Gasteiger partial charge in [-0.3, -0.25) is 4.90 Å². The molecule has 0 bridgehead atoms. The number of rotatable bonds is 3. The number of halogens is 2. The fourth-order valence-corrected chi connectivity index (χ4v) is 2.62. The second-order valence-electron chi connectivity index (χ2n) is 4.73. The third-order valence-corrected chi connectivity index (χ3v) is 3.64. The van der Waals surface area contributed by atoms with Crippen molar-refractivity contribution in [2.75, 3.05) is 6.54 Å². The van der Waals surface area contributed by atoms with E-state index in [0.717, 1.165) is 25.8 Å². The Bertz CT molecular complexity index is 358. The second kappa shape index (κ2) is 5.58. The molecule has 1 aliphatic rings. The molecule has 1 atom stereocenters. The molecule has 1 fully saturated rings. The molecule has 1 unspecified atom stereocenters. The average molecular weight is 239 g/mol. The van der Waals surface area contributed by atoms with Crippen molar-refractivity contribution in [3.63, 3.8) is 0 Å². The van der Waals surface area contributed by atoms with Gasteiger partial charge in [-0.25, -0.2) is 8.78 Å². The summed E-state index contributed by atoms with van der Waals surface area (Å²) in [4.78, 5) is 2.21. The van der Waals surface area contributed by atoms with Crippen LogP contribution < -0.4 is 0 Å². The zero-order valence-electron chi connectivity index (χ0n) is 10.3. The predicted molar refractivity (Wildman–Crippen MR) is 64.7 cm³/mol. The summed E-state index contributed by atoms with van der Waals surface area (Å²) < 4.78 is 27.1. The van der Waals surface area contributed by atoms with Crippen LogP contribution in [0.25, 0.3) is 0 Å². The number of piperidine rings is 1. The first kappa shape index (κ1) is 12.5. The maximum Gasteiger partial charge on any atom is 0.130 e. The van der Waals surface area contributed by atoms with Crippen molar-refractivity contribution >= 4 is 0 Å². The first-order valence-corrected chi connectivity index (χ1v) is 6.39. The largest absolute Gasteiger partial charge is 0.296 e. The fraction of sp³-hybridized carbons (Fsp3) is 0.571. The van der Waals surface area contributed by atoms with Crippen molar-refractivity contribution in [1.29, 1.82) is 0 Å². The lowest BCUT2D eigenvalue weighted by Crippen LogP contribution is -2.38. The van der Waals surface area contributed by atoms with E-state index in [1.807, 2.05) is 0 Å². The minimum absolute atomic E-state index is 0.216. The molecule has 94 valence electrons. The third-order valence-electron chi connectivity index (χ3n) is 3.64. The monoisotopic (exact) mass is 239 g/mol. The maximum atomic E-state index is 13.6. The van der Waals surface area contributed by atoms with Crippen LogP contribution in [0.4, 0.5) is 8.78 Å². The van der Waals surface area contributed by atoms with Crippen LogP contribution >= 0.6 is 0 Å². The van der Waals surface area contributed by atoms with Gasteiger partial charge in [-0.05, 0) is 37.9 Å². The highest BCUT2D eigenvalue weighted by molar-refractivity contribution is 5.19. The topological polar surface area (TPSA) is 3.24 Å². The minimum Gasteiger partial charge on any atom is -0.296 e. The number of likely N-dealkylation sites (tertiary alicyclic amines) is 1. The van der Waals surface area contributed by atoms with Crippen LogP contribution in [0.2, 0.25) is 0 Å². The van der Waals surface area contributed by atoms with E-state index in [4.69, 9.17) is 0 Å². The molecule has 1 saturated heterocycles. The summed E-state index contributed by atoms with van der Waals surface area (Å²) in [6, 6.07) is 4.57. The van der Waals surface area contributed by atoms with E-state index >= 15 is 0 Å². The Morgan fingerprint density at radius 1 is 1.24 bits per heavy atom. The molecule has 1 aromatic rings. The van der Waals surface area contributed by atoms with E-state index in [9.17, 15) is 8.78 Å². The predicted octanol–water partition coefficient (Wildman–Crippen LogP) is 3.73. The van der Waals surface area contributed by atoms with Crippen LogP contribution in [-0.4, -0.2) is 17.5 Å². The molecule has 2 rings (SSSR count). The normalized spacial score (nSPS) is 21.7. The summed E-state index contributed by atoms with van der Waals surface area (Å²) >= 11 is 0. The van der Waals surface area contributed by atoms with Crippen LogP contribution in [0.5, 0.6) is 0 Å². The molecule has 3 heteroatoms. The Hall–Kier alpha value is -0.960. The van der Waals surface area contributed by atoms with Crippen LogP contribution in [0.1, 0.15) is 38.2 Å². The molecule has 1 heterocycles. The van der Waals surface area contributed by atoms with Crippen LogP contribution in [0, 0.1) is 11.6 Å². The van der Waals surface area contributed by atoms with Crippen LogP contribution in [0.3, 0.4) is 0 Å². The van der Waals surface area contributed by atoms with E-state index in [-0.39, 0.29) is 5.56 Å². The van der Waals surface area contributed by atoms with Gasteiger partial charge in [0.25, 0.3) is 0 Å². The molecule has 0 N–H and O–H groups in total. The fourth-order valence-electron chi connectivity index (χ4n) is 2.62. The SMILES string of the molecule is CCC1CCCCN1Cc1c(F)cccc1F. The Balaban J connectivity index is 2.13. The van der Waals surface area contributed by atoms with Crippen molar-refractivity contribution in [1.82, 2.24) is 4.90 Å². The van der Waals surface area contributed by atoms with E-state index in [0.29, 0.717) is 12.6 Å². The number of nitrogens with zero attached hydrogens (tertiary/aromatic N) is 1. The average Bonchev–Trinajstić information content (AvgIpc) is 2.34. The van der Waals surface area contributed by atoms with Crippen molar-refractivity contribution in [3.8, 4) is 0 Å². The molecule has 1 aliphatic heterocycles. The molecular weight excluding hydrogens is 220 g/mol. The molecular formula is C14H19F2N. The van der Waals surface area contributed by atoms with E-state index in [1.54, 1.807) is 0 Å². The zero-order chi connectivity index (χ0) is 12.3.